The monoisotopic (exact) mass is 505 g/mol. The zero-order chi connectivity index (χ0) is 25.6. The van der Waals surface area contributed by atoms with Crippen molar-refractivity contribution < 1.29 is 19.0 Å². The van der Waals surface area contributed by atoms with Crippen LogP contribution in [0.25, 0.3) is 22.0 Å². The average molecular weight is 506 g/mol. The summed E-state index contributed by atoms with van der Waals surface area (Å²) in [6, 6.07) is 11.6. The number of morpholine rings is 1. The minimum atomic E-state index is -0.518. The Morgan fingerprint density at radius 2 is 1.76 bits per heavy atom. The van der Waals surface area contributed by atoms with E-state index in [0.717, 1.165) is 37.1 Å². The van der Waals surface area contributed by atoms with Gasteiger partial charge >= 0.3 is 0 Å². The minimum absolute atomic E-state index is 0.0367. The number of fused-ring (bicyclic) bond motifs is 1. The molecule has 3 fully saturated rings. The molecule has 0 unspecified atom stereocenters. The molecule has 2 heterocycles. The van der Waals surface area contributed by atoms with E-state index < -0.39 is 11.5 Å². The summed E-state index contributed by atoms with van der Waals surface area (Å²) >= 11 is 0. The molecule has 0 radical (unpaired) electrons. The Balaban J connectivity index is 1.37. The summed E-state index contributed by atoms with van der Waals surface area (Å²) in [7, 11) is 0. The van der Waals surface area contributed by atoms with Crippen LogP contribution in [0.5, 0.6) is 5.75 Å². The van der Waals surface area contributed by atoms with Crippen molar-refractivity contribution in [1.82, 2.24) is 14.8 Å². The maximum absolute atomic E-state index is 13.7. The first kappa shape index (κ1) is 24.1. The Bertz CT molecular complexity index is 1380. The molecule has 37 heavy (non-hydrogen) atoms. The van der Waals surface area contributed by atoms with Gasteiger partial charge in [-0.1, -0.05) is 24.6 Å². The van der Waals surface area contributed by atoms with Gasteiger partial charge in [0, 0.05) is 37.6 Å². The largest absolute Gasteiger partial charge is 0.506 e. The second kappa shape index (κ2) is 9.58. The van der Waals surface area contributed by atoms with Crippen LogP contribution in [0.1, 0.15) is 42.5 Å². The number of hydrogen-bond donors (Lipinski definition) is 2. The third-order valence-corrected chi connectivity index (χ3v) is 8.49. The van der Waals surface area contributed by atoms with E-state index in [9.17, 15) is 19.1 Å². The first-order chi connectivity index (χ1) is 17.9. The number of benzene rings is 2. The molecular formula is C29H32FN3O4. The molecule has 0 bridgehead atoms. The lowest BCUT2D eigenvalue weighted by atomic mass is 9.54. The molecule has 1 saturated heterocycles. The van der Waals surface area contributed by atoms with Gasteiger partial charge in [0.05, 0.1) is 18.7 Å². The molecule has 1 aromatic heterocycles. The summed E-state index contributed by atoms with van der Waals surface area (Å²) in [5.41, 5.74) is 1.79. The van der Waals surface area contributed by atoms with Crippen molar-refractivity contribution in [3.8, 4) is 16.9 Å². The fourth-order valence-electron chi connectivity index (χ4n) is 6.19. The van der Waals surface area contributed by atoms with Gasteiger partial charge in [-0.3, -0.25) is 14.5 Å². The maximum atomic E-state index is 13.7. The molecule has 1 amide bonds. The maximum Gasteiger partial charge on any atom is 0.267 e. The summed E-state index contributed by atoms with van der Waals surface area (Å²) in [6.45, 7) is 3.91. The number of pyridine rings is 1. The minimum Gasteiger partial charge on any atom is -0.506 e. The van der Waals surface area contributed by atoms with E-state index in [1.165, 1.54) is 31.4 Å². The van der Waals surface area contributed by atoms with Crippen molar-refractivity contribution >= 4 is 16.8 Å². The third-order valence-electron chi connectivity index (χ3n) is 8.49. The number of halogens is 1. The standard InChI is InChI=1S/C29H32FN3O4/c30-21-5-2-19(3-6-21)20-4-7-24-23(16-20)26(34)25(27(35)31-22-17-29(18-22)8-1-9-29)28(36)33(24)11-10-32-12-14-37-15-13-32/h2-7,16,22,34H,1,8-15,17-18H2,(H,31,35). The lowest BCUT2D eigenvalue weighted by Crippen LogP contribution is -2.54. The van der Waals surface area contributed by atoms with Gasteiger partial charge < -0.3 is 19.7 Å². The highest BCUT2D eigenvalue weighted by Crippen LogP contribution is 2.55. The molecule has 194 valence electrons. The van der Waals surface area contributed by atoms with Crippen LogP contribution in [0.2, 0.25) is 0 Å². The van der Waals surface area contributed by atoms with Crippen LogP contribution in [0, 0.1) is 11.2 Å². The number of hydrogen-bond acceptors (Lipinski definition) is 5. The highest BCUT2D eigenvalue weighted by molar-refractivity contribution is 6.03. The number of rotatable bonds is 6. The van der Waals surface area contributed by atoms with Crippen LogP contribution in [-0.2, 0) is 11.3 Å². The summed E-state index contributed by atoms with van der Waals surface area (Å²) in [4.78, 5) is 29.2. The van der Waals surface area contributed by atoms with E-state index in [0.29, 0.717) is 42.6 Å². The van der Waals surface area contributed by atoms with E-state index >= 15 is 0 Å². The number of amides is 1. The van der Waals surface area contributed by atoms with Gasteiger partial charge in [0.15, 0.2) is 0 Å². The fourth-order valence-corrected chi connectivity index (χ4v) is 6.19. The van der Waals surface area contributed by atoms with E-state index in [-0.39, 0.29) is 23.2 Å². The van der Waals surface area contributed by atoms with Crippen molar-refractivity contribution in [2.45, 2.75) is 44.7 Å². The molecule has 8 heteroatoms. The predicted molar refractivity (Wildman–Crippen MR) is 139 cm³/mol. The highest BCUT2D eigenvalue weighted by Gasteiger charge is 2.48. The number of aromatic hydroxyl groups is 1. The first-order valence-electron chi connectivity index (χ1n) is 13.2. The van der Waals surface area contributed by atoms with E-state index in [1.54, 1.807) is 28.8 Å². The molecule has 3 aliphatic rings. The second-order valence-electron chi connectivity index (χ2n) is 10.8. The van der Waals surface area contributed by atoms with Crippen LogP contribution in [-0.4, -0.2) is 59.4 Å². The number of nitrogens with one attached hydrogen (secondary N) is 1. The summed E-state index contributed by atoms with van der Waals surface area (Å²) in [5, 5.41) is 14.7. The highest BCUT2D eigenvalue weighted by atomic mass is 19.1. The zero-order valence-electron chi connectivity index (χ0n) is 20.8. The lowest BCUT2D eigenvalue weighted by Gasteiger charge is -2.54. The van der Waals surface area contributed by atoms with E-state index in [2.05, 4.69) is 10.2 Å². The van der Waals surface area contributed by atoms with Gasteiger partial charge in [-0.2, -0.15) is 0 Å². The predicted octanol–water partition coefficient (Wildman–Crippen LogP) is 3.91. The number of aromatic nitrogens is 1. The Hall–Kier alpha value is -3.23. The molecule has 1 spiro atoms. The molecule has 2 N–H and O–H groups in total. The van der Waals surface area contributed by atoms with Crippen molar-refractivity contribution in [2.24, 2.45) is 5.41 Å². The summed E-state index contributed by atoms with van der Waals surface area (Å²) in [5.74, 6) is -1.15. The smallest absolute Gasteiger partial charge is 0.267 e. The zero-order valence-corrected chi connectivity index (χ0v) is 20.8. The number of nitrogens with zero attached hydrogens (tertiary/aromatic N) is 2. The second-order valence-corrected chi connectivity index (χ2v) is 10.8. The van der Waals surface area contributed by atoms with Gasteiger partial charge in [-0.25, -0.2) is 4.39 Å². The van der Waals surface area contributed by atoms with Crippen molar-refractivity contribution in [1.29, 1.82) is 0 Å². The van der Waals surface area contributed by atoms with E-state index in [4.69, 9.17) is 4.74 Å². The number of carbonyl (C=O) groups excluding carboxylic acids is 1. The van der Waals surface area contributed by atoms with Crippen LogP contribution in [0.3, 0.4) is 0 Å². The molecule has 2 aromatic carbocycles. The molecule has 0 atom stereocenters. The van der Waals surface area contributed by atoms with Crippen molar-refractivity contribution in [3.63, 3.8) is 0 Å². The Morgan fingerprint density at radius 3 is 2.43 bits per heavy atom. The molecule has 2 aliphatic carbocycles. The lowest BCUT2D eigenvalue weighted by molar-refractivity contribution is -0.000679. The van der Waals surface area contributed by atoms with Crippen molar-refractivity contribution in [3.05, 3.63) is 64.2 Å². The van der Waals surface area contributed by atoms with Crippen LogP contribution < -0.4 is 10.9 Å². The third kappa shape index (κ3) is 4.53. The fraction of sp³-hybridized carbons (Fsp3) is 0.448. The normalized spacial score (nSPS) is 19.5. The Morgan fingerprint density at radius 1 is 1.05 bits per heavy atom. The van der Waals surface area contributed by atoms with Gasteiger partial charge in [0.2, 0.25) is 0 Å². The molecule has 3 aromatic rings. The quantitative estimate of drug-likeness (QED) is 0.531. The van der Waals surface area contributed by atoms with Crippen LogP contribution in [0.4, 0.5) is 4.39 Å². The average Bonchev–Trinajstić information content (AvgIpc) is 2.86. The van der Waals surface area contributed by atoms with Crippen molar-refractivity contribution in [2.75, 3.05) is 32.8 Å². The van der Waals surface area contributed by atoms with Crippen LogP contribution in [0.15, 0.2) is 47.3 Å². The van der Waals surface area contributed by atoms with Gasteiger partial charge in [0.1, 0.15) is 17.1 Å². The number of ether oxygens (including phenoxy) is 1. The van der Waals surface area contributed by atoms with E-state index in [1.807, 2.05) is 6.07 Å². The molecule has 2 saturated carbocycles. The number of carbonyl (C=O) groups is 1. The first-order valence-corrected chi connectivity index (χ1v) is 13.2. The van der Waals surface area contributed by atoms with Gasteiger partial charge in [0.25, 0.3) is 11.5 Å². The Kier molecular flexibility index (Phi) is 6.24. The topological polar surface area (TPSA) is 83.8 Å². The summed E-state index contributed by atoms with van der Waals surface area (Å²) < 4.78 is 20.5. The molecule has 7 nitrogen and oxygen atoms in total. The molecule has 1 aliphatic heterocycles. The summed E-state index contributed by atoms with van der Waals surface area (Å²) in [6.07, 6.45) is 5.54. The van der Waals surface area contributed by atoms with Gasteiger partial charge in [-0.15, -0.1) is 0 Å². The molecule has 6 rings (SSSR count). The molecular weight excluding hydrogens is 473 g/mol. The Labute approximate surface area is 214 Å². The van der Waals surface area contributed by atoms with Gasteiger partial charge in [-0.05, 0) is 66.5 Å². The SMILES string of the molecule is O=C(NC1CC2(CCC2)C1)c1c(O)c2cc(-c3ccc(F)cc3)ccc2n(CCN2CCOCC2)c1=O. The van der Waals surface area contributed by atoms with Crippen LogP contribution >= 0.6 is 0 Å².